The molecule has 2 rings (SSSR count). The fourth-order valence-electron chi connectivity index (χ4n) is 2.34. The second kappa shape index (κ2) is 3.89. The molecule has 0 aromatic heterocycles. The summed E-state index contributed by atoms with van der Waals surface area (Å²) in [5.41, 5.74) is -3.25. The monoisotopic (exact) mass is 248 g/mol. The Morgan fingerprint density at radius 2 is 2.00 bits per heavy atom. The van der Waals surface area contributed by atoms with Crippen LogP contribution in [0.4, 0.5) is 17.6 Å². The van der Waals surface area contributed by atoms with Gasteiger partial charge in [-0.1, -0.05) is 12.1 Å². The molecule has 1 aliphatic rings. The number of benzene rings is 1. The van der Waals surface area contributed by atoms with Gasteiger partial charge in [0.25, 0.3) is 0 Å². The minimum Gasteiger partial charge on any atom is -0.496 e. The van der Waals surface area contributed by atoms with E-state index in [-0.39, 0.29) is 17.7 Å². The Kier molecular flexibility index (Phi) is 2.79. The summed E-state index contributed by atoms with van der Waals surface area (Å²) in [4.78, 5) is 0. The average molecular weight is 248 g/mol. The van der Waals surface area contributed by atoms with Gasteiger partial charge in [0, 0.05) is 5.56 Å². The first-order valence-electron chi connectivity index (χ1n) is 5.32. The molecule has 5 heteroatoms. The predicted molar refractivity (Wildman–Crippen MR) is 54.8 cm³/mol. The molecule has 0 heterocycles. The van der Waals surface area contributed by atoms with Gasteiger partial charge in [-0.15, -0.1) is 0 Å². The highest BCUT2D eigenvalue weighted by atomic mass is 19.4. The Bertz CT molecular complexity index is 413. The third-order valence-electron chi connectivity index (χ3n) is 3.15. The van der Waals surface area contributed by atoms with Gasteiger partial charge in [0.1, 0.15) is 5.75 Å². The van der Waals surface area contributed by atoms with Crippen molar-refractivity contribution in [3.63, 3.8) is 0 Å². The maximum atomic E-state index is 14.3. The molecule has 0 saturated carbocycles. The van der Waals surface area contributed by atoms with E-state index in [0.29, 0.717) is 12.0 Å². The number of hydrogen-bond acceptors (Lipinski definition) is 1. The van der Waals surface area contributed by atoms with Crippen molar-refractivity contribution in [3.05, 3.63) is 29.3 Å². The van der Waals surface area contributed by atoms with Crippen molar-refractivity contribution in [2.24, 2.45) is 0 Å². The van der Waals surface area contributed by atoms with Gasteiger partial charge < -0.3 is 4.74 Å². The molecule has 0 amide bonds. The summed E-state index contributed by atoms with van der Waals surface area (Å²) in [5.74, 6) is -0.0259. The Hall–Kier alpha value is -1.26. The van der Waals surface area contributed by atoms with Crippen LogP contribution in [-0.2, 0) is 12.1 Å². The molecule has 0 spiro atoms. The van der Waals surface area contributed by atoms with Crippen molar-refractivity contribution in [2.75, 3.05) is 7.11 Å². The second-order valence-electron chi connectivity index (χ2n) is 4.15. The highest BCUT2D eigenvalue weighted by Gasteiger charge is 2.59. The highest BCUT2D eigenvalue weighted by molar-refractivity contribution is 5.47. The predicted octanol–water partition coefficient (Wildman–Crippen LogP) is 3.76. The summed E-state index contributed by atoms with van der Waals surface area (Å²) in [5, 5.41) is 0. The fraction of sp³-hybridized carbons (Fsp3) is 0.500. The van der Waals surface area contributed by atoms with Crippen molar-refractivity contribution < 1.29 is 22.3 Å². The van der Waals surface area contributed by atoms with Crippen LogP contribution in [0.3, 0.4) is 0 Å². The lowest BCUT2D eigenvalue weighted by molar-refractivity contribution is -0.240. The SMILES string of the molecule is COc1cccc2c1C(F)(C(F)(F)F)CCC2. The van der Waals surface area contributed by atoms with Crippen molar-refractivity contribution >= 4 is 0 Å². The first-order chi connectivity index (χ1) is 7.90. The maximum absolute atomic E-state index is 14.3. The maximum Gasteiger partial charge on any atom is 0.426 e. The summed E-state index contributed by atoms with van der Waals surface area (Å²) in [7, 11) is 1.25. The highest BCUT2D eigenvalue weighted by Crippen LogP contribution is 2.52. The number of methoxy groups -OCH3 is 1. The Morgan fingerprint density at radius 1 is 1.29 bits per heavy atom. The van der Waals surface area contributed by atoms with Crippen LogP contribution in [-0.4, -0.2) is 13.3 Å². The zero-order chi connectivity index (χ0) is 12.7. The Morgan fingerprint density at radius 3 is 2.59 bits per heavy atom. The van der Waals surface area contributed by atoms with Crippen molar-refractivity contribution in [3.8, 4) is 5.75 Å². The van der Waals surface area contributed by atoms with Crippen LogP contribution in [0.5, 0.6) is 5.75 Å². The molecule has 1 atom stereocenters. The van der Waals surface area contributed by atoms with Crippen molar-refractivity contribution in [1.29, 1.82) is 0 Å². The molecule has 1 unspecified atom stereocenters. The number of hydrogen-bond donors (Lipinski definition) is 0. The number of rotatable bonds is 1. The number of ether oxygens (including phenoxy) is 1. The van der Waals surface area contributed by atoms with E-state index >= 15 is 0 Å². The molecule has 0 N–H and O–H groups in total. The van der Waals surface area contributed by atoms with E-state index in [9.17, 15) is 17.6 Å². The normalized spacial score (nSPS) is 24.3. The van der Waals surface area contributed by atoms with Crippen molar-refractivity contribution in [2.45, 2.75) is 31.1 Å². The van der Waals surface area contributed by atoms with Crippen LogP contribution in [0.1, 0.15) is 24.0 Å². The minimum atomic E-state index is -4.91. The van der Waals surface area contributed by atoms with Crippen LogP contribution in [0.15, 0.2) is 18.2 Å². The summed E-state index contributed by atoms with van der Waals surface area (Å²) in [6, 6.07) is 4.47. The van der Waals surface area contributed by atoms with Gasteiger partial charge >= 0.3 is 6.18 Å². The summed E-state index contributed by atoms with van der Waals surface area (Å²) in [6.07, 6.45) is -4.80. The van der Waals surface area contributed by atoms with E-state index in [1.807, 2.05) is 0 Å². The number of fused-ring (bicyclic) bond motifs is 1. The average Bonchev–Trinajstić information content (AvgIpc) is 2.27. The zero-order valence-corrected chi connectivity index (χ0v) is 9.27. The molecule has 0 aliphatic heterocycles. The number of halogens is 4. The third-order valence-corrected chi connectivity index (χ3v) is 3.15. The molecule has 17 heavy (non-hydrogen) atoms. The van der Waals surface area contributed by atoms with Gasteiger partial charge in [0.2, 0.25) is 5.67 Å². The van der Waals surface area contributed by atoms with E-state index in [2.05, 4.69) is 0 Å². The molecule has 94 valence electrons. The third kappa shape index (κ3) is 1.77. The van der Waals surface area contributed by atoms with Crippen LogP contribution in [0.2, 0.25) is 0 Å². The summed E-state index contributed by atoms with van der Waals surface area (Å²) in [6.45, 7) is 0. The van der Waals surface area contributed by atoms with E-state index in [0.717, 1.165) is 0 Å². The van der Waals surface area contributed by atoms with E-state index in [4.69, 9.17) is 4.74 Å². The lowest BCUT2D eigenvalue weighted by Gasteiger charge is -2.34. The fourth-order valence-corrected chi connectivity index (χ4v) is 2.34. The zero-order valence-electron chi connectivity index (χ0n) is 9.27. The van der Waals surface area contributed by atoms with Crippen LogP contribution in [0, 0.1) is 0 Å². The molecule has 1 aliphatic carbocycles. The molecule has 0 fully saturated rings. The molecule has 0 bridgehead atoms. The van der Waals surface area contributed by atoms with Gasteiger partial charge in [0.15, 0.2) is 0 Å². The number of aryl methyl sites for hydroxylation is 1. The first kappa shape index (κ1) is 12.2. The van der Waals surface area contributed by atoms with E-state index in [1.54, 1.807) is 6.07 Å². The molecule has 0 radical (unpaired) electrons. The van der Waals surface area contributed by atoms with E-state index < -0.39 is 18.3 Å². The first-order valence-corrected chi connectivity index (χ1v) is 5.32. The molecular weight excluding hydrogens is 236 g/mol. The molecule has 1 aromatic carbocycles. The van der Waals surface area contributed by atoms with Gasteiger partial charge in [-0.05, 0) is 30.9 Å². The quantitative estimate of drug-likeness (QED) is 0.687. The van der Waals surface area contributed by atoms with Crippen LogP contribution < -0.4 is 4.74 Å². The molecule has 1 nitrogen and oxygen atoms in total. The van der Waals surface area contributed by atoms with Crippen LogP contribution >= 0.6 is 0 Å². The van der Waals surface area contributed by atoms with Gasteiger partial charge in [-0.25, -0.2) is 4.39 Å². The smallest absolute Gasteiger partial charge is 0.426 e. The largest absolute Gasteiger partial charge is 0.496 e. The second-order valence-corrected chi connectivity index (χ2v) is 4.15. The minimum absolute atomic E-state index is 0.0259. The molecule has 0 saturated heterocycles. The Labute approximate surface area is 96.4 Å². The lowest BCUT2D eigenvalue weighted by atomic mass is 9.79. The van der Waals surface area contributed by atoms with E-state index in [1.165, 1.54) is 19.2 Å². The number of alkyl halides is 4. The Balaban J connectivity index is 2.64. The van der Waals surface area contributed by atoms with Gasteiger partial charge in [-0.2, -0.15) is 13.2 Å². The molecular formula is C12H12F4O. The topological polar surface area (TPSA) is 9.23 Å². The van der Waals surface area contributed by atoms with Crippen molar-refractivity contribution in [1.82, 2.24) is 0 Å². The standard InChI is InChI=1S/C12H12F4O/c1-17-9-6-2-4-8-5-3-7-11(13,10(8)9)12(14,15)16/h2,4,6H,3,5,7H2,1H3. The van der Waals surface area contributed by atoms with Gasteiger partial charge in [-0.3, -0.25) is 0 Å². The van der Waals surface area contributed by atoms with Gasteiger partial charge in [0.05, 0.1) is 7.11 Å². The lowest BCUT2D eigenvalue weighted by Crippen LogP contribution is -2.41. The summed E-state index contributed by atoms with van der Waals surface area (Å²) < 4.78 is 57.8. The van der Waals surface area contributed by atoms with Crippen LogP contribution in [0.25, 0.3) is 0 Å². The molecule has 1 aromatic rings. The summed E-state index contributed by atoms with van der Waals surface area (Å²) >= 11 is 0.